The van der Waals surface area contributed by atoms with Gasteiger partial charge in [-0.25, -0.2) is 0 Å². The Labute approximate surface area is 95.6 Å². The fourth-order valence-electron chi connectivity index (χ4n) is 2.37. The summed E-state index contributed by atoms with van der Waals surface area (Å²) in [7, 11) is 0. The molecule has 3 atom stereocenters. The van der Waals surface area contributed by atoms with Crippen LogP contribution in [0.15, 0.2) is 0 Å². The van der Waals surface area contributed by atoms with Gasteiger partial charge in [0, 0.05) is 6.61 Å². The van der Waals surface area contributed by atoms with Crippen LogP contribution in [0, 0.1) is 23.2 Å². The summed E-state index contributed by atoms with van der Waals surface area (Å²) in [5.74, 6) is 2.33. The van der Waals surface area contributed by atoms with E-state index >= 15 is 0 Å². The van der Waals surface area contributed by atoms with Crippen LogP contribution in [0.3, 0.4) is 0 Å². The monoisotopic (exact) mass is 212 g/mol. The molecule has 0 radical (unpaired) electrons. The second-order valence-electron chi connectivity index (χ2n) is 6.59. The van der Waals surface area contributed by atoms with E-state index in [0.717, 1.165) is 18.4 Å². The smallest absolute Gasteiger partial charge is 0.0608 e. The fourth-order valence-corrected chi connectivity index (χ4v) is 2.37. The molecule has 0 spiro atoms. The van der Waals surface area contributed by atoms with Gasteiger partial charge in [0.15, 0.2) is 0 Å². The highest BCUT2D eigenvalue weighted by atomic mass is 16.5. The van der Waals surface area contributed by atoms with Gasteiger partial charge in [0.25, 0.3) is 0 Å². The van der Waals surface area contributed by atoms with Crippen molar-refractivity contribution < 1.29 is 4.74 Å². The van der Waals surface area contributed by atoms with Crippen molar-refractivity contribution >= 4 is 0 Å². The van der Waals surface area contributed by atoms with Crippen molar-refractivity contribution in [2.24, 2.45) is 23.2 Å². The minimum absolute atomic E-state index is 0.365. The zero-order chi connectivity index (χ0) is 11.6. The standard InChI is InChI=1S/C14H28O/c1-10(2)12-7-8-15-13(9-12)11(3)14(4,5)6/h10-13H,7-9H2,1-6H3. The molecule has 1 saturated heterocycles. The van der Waals surface area contributed by atoms with E-state index in [4.69, 9.17) is 4.74 Å². The average Bonchev–Trinajstić information content (AvgIpc) is 2.15. The van der Waals surface area contributed by atoms with Crippen LogP contribution >= 0.6 is 0 Å². The summed E-state index contributed by atoms with van der Waals surface area (Å²) in [6, 6.07) is 0. The van der Waals surface area contributed by atoms with Crippen LogP contribution in [0.2, 0.25) is 0 Å². The topological polar surface area (TPSA) is 9.23 Å². The lowest BCUT2D eigenvalue weighted by Gasteiger charge is -2.40. The molecule has 1 nitrogen and oxygen atoms in total. The van der Waals surface area contributed by atoms with E-state index in [0.29, 0.717) is 17.4 Å². The SMILES string of the molecule is CC(C)C1CCOC(C(C)C(C)(C)C)C1. The molecule has 15 heavy (non-hydrogen) atoms. The first-order chi connectivity index (χ1) is 6.82. The van der Waals surface area contributed by atoms with Gasteiger partial charge in [0.2, 0.25) is 0 Å². The quantitative estimate of drug-likeness (QED) is 0.669. The third-order valence-corrected chi connectivity index (χ3v) is 4.22. The molecule has 1 aliphatic rings. The van der Waals surface area contributed by atoms with Gasteiger partial charge in [-0.05, 0) is 36.0 Å². The van der Waals surface area contributed by atoms with E-state index in [1.165, 1.54) is 12.8 Å². The van der Waals surface area contributed by atoms with Crippen LogP contribution in [0.5, 0.6) is 0 Å². The highest BCUT2D eigenvalue weighted by molar-refractivity contribution is 4.83. The molecule has 0 saturated carbocycles. The van der Waals surface area contributed by atoms with Gasteiger partial charge in [-0.2, -0.15) is 0 Å². The van der Waals surface area contributed by atoms with Gasteiger partial charge >= 0.3 is 0 Å². The van der Waals surface area contributed by atoms with Crippen LogP contribution in [0.1, 0.15) is 54.4 Å². The summed E-state index contributed by atoms with van der Waals surface area (Å²) in [6.45, 7) is 14.9. The second kappa shape index (κ2) is 4.86. The number of hydrogen-bond donors (Lipinski definition) is 0. The van der Waals surface area contributed by atoms with Crippen molar-refractivity contribution in [1.82, 2.24) is 0 Å². The summed E-state index contributed by atoms with van der Waals surface area (Å²) in [5, 5.41) is 0. The normalized spacial score (nSPS) is 30.6. The lowest BCUT2D eigenvalue weighted by atomic mass is 9.74. The molecule has 1 heteroatoms. The second-order valence-corrected chi connectivity index (χ2v) is 6.59. The van der Waals surface area contributed by atoms with Crippen molar-refractivity contribution in [3.8, 4) is 0 Å². The summed E-state index contributed by atoms with van der Waals surface area (Å²) < 4.78 is 5.95. The van der Waals surface area contributed by atoms with Crippen molar-refractivity contribution in [2.75, 3.05) is 6.61 Å². The largest absolute Gasteiger partial charge is 0.378 e. The molecule has 1 fully saturated rings. The lowest BCUT2D eigenvalue weighted by molar-refractivity contribution is -0.0705. The minimum atomic E-state index is 0.365. The fraction of sp³-hybridized carbons (Fsp3) is 1.00. The van der Waals surface area contributed by atoms with Gasteiger partial charge in [0.1, 0.15) is 0 Å². The van der Waals surface area contributed by atoms with Crippen molar-refractivity contribution in [1.29, 1.82) is 0 Å². The van der Waals surface area contributed by atoms with E-state index in [-0.39, 0.29) is 0 Å². The van der Waals surface area contributed by atoms with Gasteiger partial charge in [-0.3, -0.25) is 0 Å². The van der Waals surface area contributed by atoms with Crippen LogP contribution in [0.4, 0.5) is 0 Å². The Morgan fingerprint density at radius 1 is 1.13 bits per heavy atom. The Morgan fingerprint density at radius 3 is 2.20 bits per heavy atom. The molecule has 0 aromatic rings. The van der Waals surface area contributed by atoms with Crippen molar-refractivity contribution in [2.45, 2.75) is 60.5 Å². The molecule has 0 aromatic heterocycles. The molecular weight excluding hydrogens is 184 g/mol. The maximum absolute atomic E-state index is 5.95. The maximum Gasteiger partial charge on any atom is 0.0608 e. The van der Waals surface area contributed by atoms with Crippen LogP contribution in [-0.4, -0.2) is 12.7 Å². The highest BCUT2D eigenvalue weighted by Crippen LogP contribution is 2.37. The average molecular weight is 212 g/mol. The van der Waals surface area contributed by atoms with Crippen LogP contribution in [0.25, 0.3) is 0 Å². The molecule has 1 rings (SSSR count). The lowest BCUT2D eigenvalue weighted by Crippen LogP contribution is -2.38. The molecule has 0 aliphatic carbocycles. The third-order valence-electron chi connectivity index (χ3n) is 4.22. The Balaban J connectivity index is 2.56. The summed E-state index contributed by atoms with van der Waals surface area (Å²) in [4.78, 5) is 0. The molecular formula is C14H28O. The van der Waals surface area contributed by atoms with Crippen molar-refractivity contribution in [3.63, 3.8) is 0 Å². The summed E-state index contributed by atoms with van der Waals surface area (Å²) >= 11 is 0. The van der Waals surface area contributed by atoms with E-state index in [1.54, 1.807) is 0 Å². The van der Waals surface area contributed by atoms with Crippen LogP contribution in [-0.2, 0) is 4.74 Å². The molecule has 0 amide bonds. The first-order valence-electron chi connectivity index (χ1n) is 6.44. The zero-order valence-corrected chi connectivity index (χ0v) is 11.3. The third kappa shape index (κ3) is 3.48. The Bertz CT molecular complexity index is 190. The van der Waals surface area contributed by atoms with E-state index < -0.39 is 0 Å². The van der Waals surface area contributed by atoms with E-state index in [1.807, 2.05) is 0 Å². The van der Waals surface area contributed by atoms with Crippen molar-refractivity contribution in [3.05, 3.63) is 0 Å². The molecule has 1 aliphatic heterocycles. The highest BCUT2D eigenvalue weighted by Gasteiger charge is 2.33. The Kier molecular flexibility index (Phi) is 4.22. The zero-order valence-electron chi connectivity index (χ0n) is 11.3. The number of rotatable bonds is 2. The summed E-state index contributed by atoms with van der Waals surface area (Å²) in [5.41, 5.74) is 0.365. The summed E-state index contributed by atoms with van der Waals surface area (Å²) in [6.07, 6.45) is 2.99. The molecule has 90 valence electrons. The predicted molar refractivity (Wildman–Crippen MR) is 65.9 cm³/mol. The maximum atomic E-state index is 5.95. The molecule has 0 aromatic carbocycles. The van der Waals surface area contributed by atoms with Gasteiger partial charge in [-0.1, -0.05) is 41.5 Å². The van der Waals surface area contributed by atoms with Gasteiger partial charge < -0.3 is 4.74 Å². The first kappa shape index (κ1) is 13.0. The van der Waals surface area contributed by atoms with E-state index in [2.05, 4.69) is 41.5 Å². The van der Waals surface area contributed by atoms with Crippen LogP contribution < -0.4 is 0 Å². The first-order valence-corrected chi connectivity index (χ1v) is 6.44. The van der Waals surface area contributed by atoms with E-state index in [9.17, 15) is 0 Å². The molecule has 1 heterocycles. The number of hydrogen-bond acceptors (Lipinski definition) is 1. The Hall–Kier alpha value is -0.0400. The molecule has 0 N–H and O–H groups in total. The predicted octanol–water partition coefficient (Wildman–Crippen LogP) is 4.12. The van der Waals surface area contributed by atoms with Gasteiger partial charge in [0.05, 0.1) is 6.10 Å². The Morgan fingerprint density at radius 2 is 1.73 bits per heavy atom. The minimum Gasteiger partial charge on any atom is -0.378 e. The number of ether oxygens (including phenoxy) is 1. The van der Waals surface area contributed by atoms with Gasteiger partial charge in [-0.15, -0.1) is 0 Å². The molecule has 3 unspecified atom stereocenters. The molecule has 0 bridgehead atoms.